The molecule has 0 bridgehead atoms. The smallest absolute Gasteiger partial charge is 0.354 e. The Kier molecular flexibility index (Phi) is 7.17. The summed E-state index contributed by atoms with van der Waals surface area (Å²) in [6.07, 6.45) is 0.526. The van der Waals surface area contributed by atoms with E-state index in [0.717, 1.165) is 47.3 Å². The molecule has 172 valence electrons. The van der Waals surface area contributed by atoms with Crippen molar-refractivity contribution in [3.63, 3.8) is 0 Å². The number of hydrogen-bond donors (Lipinski definition) is 1. The van der Waals surface area contributed by atoms with Gasteiger partial charge in [0.15, 0.2) is 5.82 Å². The zero-order valence-corrected chi connectivity index (χ0v) is 18.6. The normalized spacial score (nSPS) is 16.5. The Morgan fingerprint density at radius 1 is 1.06 bits per heavy atom. The van der Waals surface area contributed by atoms with E-state index in [1.54, 1.807) is 12.4 Å². The highest BCUT2D eigenvalue weighted by atomic mass is 32.2. The number of amides is 1. The summed E-state index contributed by atoms with van der Waals surface area (Å²) in [4.78, 5) is 25.0. The third kappa shape index (κ3) is 6.04. The SMILES string of the molecule is O=C(NCc1ccc(C(F)(F)F)cc1)C1CCCN(c2nccnc2Sc2ccccc2)C1. The highest BCUT2D eigenvalue weighted by Gasteiger charge is 2.30. The van der Waals surface area contributed by atoms with Crippen molar-refractivity contribution < 1.29 is 18.0 Å². The third-order valence-electron chi connectivity index (χ3n) is 5.44. The number of hydrogen-bond acceptors (Lipinski definition) is 5. The van der Waals surface area contributed by atoms with Gasteiger partial charge in [0, 0.05) is 36.9 Å². The van der Waals surface area contributed by atoms with Crippen LogP contribution < -0.4 is 10.2 Å². The summed E-state index contributed by atoms with van der Waals surface area (Å²) in [5, 5.41) is 3.65. The molecule has 1 aliphatic heterocycles. The molecule has 1 unspecified atom stereocenters. The van der Waals surface area contributed by atoms with Crippen LogP contribution in [0, 0.1) is 5.92 Å². The number of carbonyl (C=O) groups excluding carboxylic acids is 1. The molecule has 0 aliphatic carbocycles. The number of nitrogens with zero attached hydrogens (tertiary/aromatic N) is 3. The molecule has 1 aliphatic rings. The number of alkyl halides is 3. The van der Waals surface area contributed by atoms with E-state index in [0.29, 0.717) is 12.1 Å². The fraction of sp³-hybridized carbons (Fsp3) is 0.292. The van der Waals surface area contributed by atoms with Gasteiger partial charge in [-0.05, 0) is 42.7 Å². The van der Waals surface area contributed by atoms with Crippen LogP contribution in [-0.2, 0) is 17.5 Å². The molecule has 1 fully saturated rings. The monoisotopic (exact) mass is 472 g/mol. The first-order chi connectivity index (χ1) is 15.9. The first-order valence-electron chi connectivity index (χ1n) is 10.6. The molecule has 3 aromatic rings. The fourth-order valence-corrected chi connectivity index (χ4v) is 4.64. The van der Waals surface area contributed by atoms with Crippen molar-refractivity contribution in [1.82, 2.24) is 15.3 Å². The molecule has 33 heavy (non-hydrogen) atoms. The van der Waals surface area contributed by atoms with Crippen LogP contribution in [0.5, 0.6) is 0 Å². The molecule has 2 aromatic carbocycles. The molecule has 1 aromatic heterocycles. The minimum absolute atomic E-state index is 0.110. The number of carbonyl (C=O) groups is 1. The molecule has 5 nitrogen and oxygen atoms in total. The van der Waals surface area contributed by atoms with Crippen LogP contribution in [0.1, 0.15) is 24.0 Å². The molecule has 9 heteroatoms. The lowest BCUT2D eigenvalue weighted by Gasteiger charge is -2.33. The largest absolute Gasteiger partial charge is 0.416 e. The first-order valence-corrected chi connectivity index (χ1v) is 11.4. The molecule has 1 amide bonds. The maximum Gasteiger partial charge on any atom is 0.416 e. The zero-order chi connectivity index (χ0) is 23.3. The zero-order valence-electron chi connectivity index (χ0n) is 17.8. The summed E-state index contributed by atoms with van der Waals surface area (Å²) in [5.41, 5.74) is -0.0758. The molecule has 1 saturated heterocycles. The van der Waals surface area contributed by atoms with E-state index < -0.39 is 11.7 Å². The summed E-state index contributed by atoms with van der Waals surface area (Å²) >= 11 is 1.53. The van der Waals surface area contributed by atoms with Gasteiger partial charge in [-0.3, -0.25) is 4.79 Å². The summed E-state index contributed by atoms with van der Waals surface area (Å²) in [7, 11) is 0. The lowest BCUT2D eigenvalue weighted by atomic mass is 9.97. The first kappa shape index (κ1) is 23.1. The topological polar surface area (TPSA) is 58.1 Å². The Balaban J connectivity index is 1.38. The van der Waals surface area contributed by atoms with Gasteiger partial charge >= 0.3 is 6.18 Å². The molecule has 0 radical (unpaired) electrons. The summed E-state index contributed by atoms with van der Waals surface area (Å²) in [6.45, 7) is 1.48. The van der Waals surface area contributed by atoms with Gasteiger partial charge in [-0.2, -0.15) is 13.2 Å². The standard InChI is InChI=1S/C24H23F3N4OS/c25-24(26,27)19-10-8-17(9-11-19)15-30-22(32)18-5-4-14-31(16-18)21-23(29-13-12-28-21)33-20-6-2-1-3-7-20/h1-3,6-13,18H,4-5,14-16H2,(H,30,32). The van der Waals surface area contributed by atoms with Crippen LogP contribution in [0.2, 0.25) is 0 Å². The van der Waals surface area contributed by atoms with Crippen molar-refractivity contribution in [2.75, 3.05) is 18.0 Å². The second-order valence-electron chi connectivity index (χ2n) is 7.80. The summed E-state index contributed by atoms with van der Waals surface area (Å²) in [5.74, 6) is 0.414. The number of rotatable bonds is 6. The second-order valence-corrected chi connectivity index (χ2v) is 8.86. The Hall–Kier alpha value is -3.07. The van der Waals surface area contributed by atoms with Crippen molar-refractivity contribution in [2.24, 2.45) is 5.92 Å². The van der Waals surface area contributed by atoms with Gasteiger partial charge < -0.3 is 10.2 Å². The molecule has 0 spiro atoms. The molecular formula is C24H23F3N4OS. The molecular weight excluding hydrogens is 449 g/mol. The Bertz CT molecular complexity index is 1080. The summed E-state index contributed by atoms with van der Waals surface area (Å²) < 4.78 is 38.2. The lowest BCUT2D eigenvalue weighted by Crippen LogP contribution is -2.43. The van der Waals surface area contributed by atoms with Crippen LogP contribution in [0.25, 0.3) is 0 Å². The molecule has 1 N–H and O–H groups in total. The van der Waals surface area contributed by atoms with Crippen molar-refractivity contribution in [2.45, 2.75) is 35.5 Å². The highest BCUT2D eigenvalue weighted by molar-refractivity contribution is 7.99. The van der Waals surface area contributed by atoms with Gasteiger partial charge in [-0.1, -0.05) is 42.1 Å². The number of nitrogens with one attached hydrogen (secondary N) is 1. The average Bonchev–Trinajstić information content (AvgIpc) is 2.83. The number of halogens is 3. The van der Waals surface area contributed by atoms with E-state index >= 15 is 0 Å². The Morgan fingerprint density at radius 2 is 1.79 bits per heavy atom. The maximum atomic E-state index is 12.8. The number of piperidine rings is 1. The molecule has 0 saturated carbocycles. The fourth-order valence-electron chi connectivity index (χ4n) is 3.74. The van der Waals surface area contributed by atoms with Crippen LogP contribution in [0.15, 0.2) is 76.9 Å². The van der Waals surface area contributed by atoms with Crippen molar-refractivity contribution in [1.29, 1.82) is 0 Å². The Morgan fingerprint density at radius 3 is 2.52 bits per heavy atom. The lowest BCUT2D eigenvalue weighted by molar-refractivity contribution is -0.137. The van der Waals surface area contributed by atoms with E-state index in [9.17, 15) is 18.0 Å². The van der Waals surface area contributed by atoms with Gasteiger partial charge in [0.2, 0.25) is 5.91 Å². The van der Waals surface area contributed by atoms with Gasteiger partial charge in [0.25, 0.3) is 0 Å². The molecule has 1 atom stereocenters. The van der Waals surface area contributed by atoms with Crippen LogP contribution in [0.3, 0.4) is 0 Å². The van der Waals surface area contributed by atoms with Gasteiger partial charge in [0.05, 0.1) is 11.5 Å². The second kappa shape index (κ2) is 10.2. The van der Waals surface area contributed by atoms with E-state index in [4.69, 9.17) is 0 Å². The van der Waals surface area contributed by atoms with Crippen LogP contribution in [-0.4, -0.2) is 29.0 Å². The van der Waals surface area contributed by atoms with Crippen LogP contribution >= 0.6 is 11.8 Å². The molecule has 4 rings (SSSR count). The van der Waals surface area contributed by atoms with Crippen molar-refractivity contribution >= 4 is 23.5 Å². The van der Waals surface area contributed by atoms with E-state index in [-0.39, 0.29) is 18.4 Å². The maximum absolute atomic E-state index is 12.8. The van der Waals surface area contributed by atoms with Gasteiger partial charge in [-0.25, -0.2) is 9.97 Å². The van der Waals surface area contributed by atoms with Crippen LogP contribution in [0.4, 0.5) is 19.0 Å². The third-order valence-corrected chi connectivity index (χ3v) is 6.43. The van der Waals surface area contributed by atoms with Gasteiger partial charge in [-0.15, -0.1) is 0 Å². The van der Waals surface area contributed by atoms with Crippen molar-refractivity contribution in [3.05, 3.63) is 78.1 Å². The summed E-state index contributed by atoms with van der Waals surface area (Å²) in [6, 6.07) is 14.8. The van der Waals surface area contributed by atoms with E-state index in [1.165, 1.54) is 23.9 Å². The van der Waals surface area contributed by atoms with Gasteiger partial charge in [0.1, 0.15) is 5.03 Å². The minimum atomic E-state index is -4.37. The molecule has 2 heterocycles. The minimum Gasteiger partial charge on any atom is -0.354 e. The van der Waals surface area contributed by atoms with E-state index in [2.05, 4.69) is 20.2 Å². The predicted octanol–water partition coefficient (Wildman–Crippen LogP) is 5.18. The van der Waals surface area contributed by atoms with E-state index in [1.807, 2.05) is 30.3 Å². The average molecular weight is 473 g/mol. The number of anilines is 1. The van der Waals surface area contributed by atoms with Crippen molar-refractivity contribution in [3.8, 4) is 0 Å². The Labute approximate surface area is 194 Å². The number of aromatic nitrogens is 2. The number of benzene rings is 2. The highest BCUT2D eigenvalue weighted by Crippen LogP contribution is 2.34. The predicted molar refractivity (Wildman–Crippen MR) is 121 cm³/mol. The quantitative estimate of drug-likeness (QED) is 0.536.